The highest BCUT2D eigenvalue weighted by Gasteiger charge is 2.25. The molecule has 2 aliphatic heterocycles. The molecule has 0 unspecified atom stereocenters. The molecule has 5 nitrogen and oxygen atoms in total. The van der Waals surface area contributed by atoms with Crippen LogP contribution in [0.2, 0.25) is 0 Å². The molecule has 1 saturated carbocycles. The predicted octanol–water partition coefficient (Wildman–Crippen LogP) is 2.54. The van der Waals surface area contributed by atoms with Crippen LogP contribution in [0.5, 0.6) is 0 Å². The minimum atomic E-state index is 0.154. The topological polar surface area (TPSA) is 57.1 Å². The lowest BCUT2D eigenvalue weighted by atomic mass is 10.1. The van der Waals surface area contributed by atoms with Crippen LogP contribution in [-0.4, -0.2) is 35.6 Å². The van der Waals surface area contributed by atoms with Crippen molar-refractivity contribution in [3.05, 3.63) is 29.3 Å². The van der Waals surface area contributed by atoms with E-state index in [1.807, 2.05) is 19.2 Å². The van der Waals surface area contributed by atoms with Gasteiger partial charge >= 0.3 is 0 Å². The second-order valence-corrected chi connectivity index (χ2v) is 7.27. The lowest BCUT2D eigenvalue weighted by Gasteiger charge is -2.17. The zero-order valence-corrected chi connectivity index (χ0v) is 14.0. The number of hydrogen-bond acceptors (Lipinski definition) is 4. The summed E-state index contributed by atoms with van der Waals surface area (Å²) in [7, 11) is 1.83. The van der Waals surface area contributed by atoms with E-state index in [0.717, 1.165) is 33.4 Å². The zero-order chi connectivity index (χ0) is 15.8. The summed E-state index contributed by atoms with van der Waals surface area (Å²) in [5.74, 6) is 0.974. The Kier molecular flexibility index (Phi) is 3.85. The van der Waals surface area contributed by atoms with Gasteiger partial charge in [0.1, 0.15) is 0 Å². The van der Waals surface area contributed by atoms with Gasteiger partial charge in [-0.25, -0.2) is 0 Å². The van der Waals surface area contributed by atoms with Crippen LogP contribution in [0.3, 0.4) is 0 Å². The number of thioether (sulfide) groups is 1. The minimum Gasteiger partial charge on any atom is -0.315 e. The van der Waals surface area contributed by atoms with Crippen molar-refractivity contribution in [2.24, 2.45) is 10.1 Å². The van der Waals surface area contributed by atoms with Gasteiger partial charge in [-0.2, -0.15) is 5.10 Å². The Balaban J connectivity index is 1.51. The fourth-order valence-corrected chi connectivity index (χ4v) is 4.22. The molecule has 3 aliphatic rings. The van der Waals surface area contributed by atoms with E-state index in [2.05, 4.69) is 16.6 Å². The van der Waals surface area contributed by atoms with Crippen LogP contribution in [0.15, 0.2) is 28.3 Å². The second kappa shape index (κ2) is 6.00. The minimum absolute atomic E-state index is 0.154. The van der Waals surface area contributed by atoms with Crippen molar-refractivity contribution in [3.63, 3.8) is 0 Å². The molecule has 0 spiro atoms. The number of nitrogens with one attached hydrogen (secondary N) is 1. The lowest BCUT2D eigenvalue weighted by molar-refractivity contribution is -0.117. The molecule has 4 rings (SSSR count). The Morgan fingerprint density at radius 3 is 2.91 bits per heavy atom. The molecule has 0 saturated heterocycles. The van der Waals surface area contributed by atoms with E-state index in [0.29, 0.717) is 12.5 Å². The van der Waals surface area contributed by atoms with Crippen molar-refractivity contribution >= 4 is 34.2 Å². The van der Waals surface area contributed by atoms with Gasteiger partial charge in [-0.05, 0) is 36.1 Å². The first kappa shape index (κ1) is 14.8. The molecule has 0 atom stereocenters. The Hall–Kier alpha value is -1.82. The number of fused-ring (bicyclic) bond motifs is 1. The number of benzene rings is 1. The molecule has 2 heterocycles. The molecule has 0 radical (unpaired) electrons. The van der Waals surface area contributed by atoms with Crippen LogP contribution in [-0.2, 0) is 11.2 Å². The third-order valence-corrected chi connectivity index (χ3v) is 5.63. The zero-order valence-electron chi connectivity index (χ0n) is 13.2. The van der Waals surface area contributed by atoms with E-state index >= 15 is 0 Å². The maximum absolute atomic E-state index is 11.8. The number of amides is 1. The summed E-state index contributed by atoms with van der Waals surface area (Å²) in [6, 6.07) is 6.64. The van der Waals surface area contributed by atoms with Crippen molar-refractivity contribution in [2.75, 3.05) is 17.7 Å². The highest BCUT2D eigenvalue weighted by atomic mass is 32.2. The van der Waals surface area contributed by atoms with Crippen molar-refractivity contribution in [1.29, 1.82) is 0 Å². The van der Waals surface area contributed by atoms with Crippen LogP contribution in [0.25, 0.3) is 0 Å². The van der Waals surface area contributed by atoms with Gasteiger partial charge in [-0.15, -0.1) is 0 Å². The standard InChI is InChI=1S/C17H20N4OS/c1-21-15-7-6-11(8-12(15)9-16(21)22)14-10-23-17(20-19-14)18-13-4-2-3-5-13/h6-8,13H,2-5,9-10H2,1H3,(H,18,20). The van der Waals surface area contributed by atoms with Gasteiger partial charge in [0.2, 0.25) is 5.91 Å². The Labute approximate surface area is 140 Å². The van der Waals surface area contributed by atoms with E-state index in [-0.39, 0.29) is 5.91 Å². The molecule has 1 N–H and O–H groups in total. The Morgan fingerprint density at radius 1 is 1.35 bits per heavy atom. The summed E-state index contributed by atoms with van der Waals surface area (Å²) in [6.07, 6.45) is 5.48. The summed E-state index contributed by atoms with van der Waals surface area (Å²) in [4.78, 5) is 18.3. The van der Waals surface area contributed by atoms with Gasteiger partial charge in [-0.3, -0.25) is 15.2 Å². The van der Waals surface area contributed by atoms with E-state index in [1.165, 1.54) is 25.7 Å². The highest BCUT2D eigenvalue weighted by Crippen LogP contribution is 2.29. The Morgan fingerprint density at radius 2 is 2.17 bits per heavy atom. The number of carbonyl (C=O) groups is 1. The molecule has 1 amide bonds. The number of anilines is 1. The van der Waals surface area contributed by atoms with Gasteiger partial charge in [0, 0.05) is 18.5 Å². The summed E-state index contributed by atoms with van der Waals surface area (Å²) in [5.41, 5.74) is 7.32. The number of carbonyl (C=O) groups excluding carboxylic acids is 1. The van der Waals surface area contributed by atoms with Crippen LogP contribution < -0.4 is 10.3 Å². The number of likely N-dealkylation sites (N-methyl/N-ethyl adjacent to an activating group) is 1. The molecular formula is C17H20N4OS. The molecule has 6 heteroatoms. The average molecular weight is 328 g/mol. The number of nitrogens with zero attached hydrogens (tertiary/aromatic N) is 3. The van der Waals surface area contributed by atoms with Gasteiger partial charge in [0.15, 0.2) is 5.17 Å². The summed E-state index contributed by atoms with van der Waals surface area (Å²) < 4.78 is 0. The van der Waals surface area contributed by atoms with Crippen molar-refractivity contribution in [3.8, 4) is 0 Å². The van der Waals surface area contributed by atoms with Gasteiger partial charge in [0.05, 0.1) is 18.2 Å². The SMILES string of the molecule is CN1C(=O)Cc2cc(C3=NNC(=NC4CCCC4)SC3)ccc21. The molecule has 120 valence electrons. The van der Waals surface area contributed by atoms with Crippen molar-refractivity contribution in [2.45, 2.75) is 38.1 Å². The number of rotatable bonds is 2. The number of hydrazone groups is 1. The predicted molar refractivity (Wildman–Crippen MR) is 95.4 cm³/mol. The first-order valence-corrected chi connectivity index (χ1v) is 9.12. The molecule has 0 aromatic heterocycles. The number of hydrogen-bond donors (Lipinski definition) is 1. The summed E-state index contributed by atoms with van der Waals surface area (Å²) in [6.45, 7) is 0. The first-order chi connectivity index (χ1) is 11.2. The van der Waals surface area contributed by atoms with Gasteiger partial charge in [-0.1, -0.05) is 30.7 Å². The third-order valence-electron chi connectivity index (χ3n) is 4.75. The van der Waals surface area contributed by atoms with Crippen LogP contribution in [0, 0.1) is 0 Å². The quantitative estimate of drug-likeness (QED) is 0.908. The largest absolute Gasteiger partial charge is 0.315 e. The molecular weight excluding hydrogens is 308 g/mol. The van der Waals surface area contributed by atoms with E-state index in [4.69, 9.17) is 4.99 Å². The van der Waals surface area contributed by atoms with Crippen LogP contribution in [0.1, 0.15) is 36.8 Å². The molecule has 1 fully saturated rings. The fourth-order valence-electron chi connectivity index (χ4n) is 3.38. The molecule has 1 aromatic rings. The normalized spacial score (nSPS) is 23.2. The first-order valence-electron chi connectivity index (χ1n) is 8.14. The van der Waals surface area contributed by atoms with Crippen LogP contribution >= 0.6 is 11.8 Å². The van der Waals surface area contributed by atoms with E-state index in [9.17, 15) is 4.79 Å². The third kappa shape index (κ3) is 2.87. The van der Waals surface area contributed by atoms with Gasteiger partial charge in [0.25, 0.3) is 0 Å². The fraction of sp³-hybridized carbons (Fsp3) is 0.471. The average Bonchev–Trinajstić information content (AvgIpc) is 3.17. The molecule has 1 aliphatic carbocycles. The van der Waals surface area contributed by atoms with Gasteiger partial charge < -0.3 is 4.90 Å². The van der Waals surface area contributed by atoms with Crippen LogP contribution in [0.4, 0.5) is 5.69 Å². The highest BCUT2D eigenvalue weighted by molar-refractivity contribution is 8.14. The van der Waals surface area contributed by atoms with Crippen molar-refractivity contribution < 1.29 is 4.79 Å². The lowest BCUT2D eigenvalue weighted by Crippen LogP contribution is -2.26. The maximum Gasteiger partial charge on any atom is 0.231 e. The molecule has 0 bridgehead atoms. The van der Waals surface area contributed by atoms with E-state index < -0.39 is 0 Å². The number of aliphatic imine (C=N–C) groups is 1. The van der Waals surface area contributed by atoms with E-state index in [1.54, 1.807) is 16.7 Å². The van der Waals surface area contributed by atoms with Crippen molar-refractivity contribution in [1.82, 2.24) is 5.43 Å². The summed E-state index contributed by atoms with van der Waals surface area (Å²) >= 11 is 1.72. The molecule has 1 aromatic carbocycles. The smallest absolute Gasteiger partial charge is 0.231 e. The Bertz CT molecular complexity index is 707. The summed E-state index contributed by atoms with van der Waals surface area (Å²) in [5, 5.41) is 5.44. The second-order valence-electron chi connectivity index (χ2n) is 6.30. The molecule has 23 heavy (non-hydrogen) atoms. The monoisotopic (exact) mass is 328 g/mol. The maximum atomic E-state index is 11.8. The number of amidine groups is 1.